The summed E-state index contributed by atoms with van der Waals surface area (Å²) < 4.78 is 34.9. The molecule has 0 spiro atoms. The van der Waals surface area contributed by atoms with Gasteiger partial charge in [-0.25, -0.2) is 18.4 Å². The molecule has 4 aromatic rings. The number of nitrogens with one attached hydrogen (secondary N) is 1. The fourth-order valence-electron chi connectivity index (χ4n) is 5.03. The predicted octanol–water partition coefficient (Wildman–Crippen LogP) is 3.96. The van der Waals surface area contributed by atoms with Crippen molar-refractivity contribution in [1.29, 1.82) is 5.26 Å². The summed E-state index contributed by atoms with van der Waals surface area (Å²) in [4.78, 5) is 14.7. The fraction of sp³-hybridized carbons (Fsp3) is 0.321. The maximum absolute atomic E-state index is 11.7. The van der Waals surface area contributed by atoms with E-state index < -0.39 is 9.84 Å². The van der Waals surface area contributed by atoms with E-state index in [1.807, 2.05) is 12.1 Å². The Morgan fingerprint density at radius 1 is 1.00 bits per heavy atom. The van der Waals surface area contributed by atoms with Gasteiger partial charge < -0.3 is 19.4 Å². The van der Waals surface area contributed by atoms with E-state index in [1.54, 1.807) is 12.1 Å². The Labute approximate surface area is 221 Å². The Balaban J connectivity index is 1.26. The van der Waals surface area contributed by atoms with E-state index in [-0.39, 0.29) is 17.6 Å². The van der Waals surface area contributed by atoms with Crippen LogP contribution in [-0.4, -0.2) is 67.3 Å². The van der Waals surface area contributed by atoms with Crippen LogP contribution in [0.4, 0.5) is 5.69 Å². The van der Waals surface area contributed by atoms with Crippen LogP contribution < -0.4 is 9.64 Å². The SMILES string of the molecule is N#Cc1cc(-c2ncnc3[nH]c(-c4ccc(N5CCOCC5)cc4)cc23)ccc1OC1CCS(=O)(=O)CC1. The largest absolute Gasteiger partial charge is 0.489 e. The van der Waals surface area contributed by atoms with E-state index in [1.165, 1.54) is 12.0 Å². The number of benzene rings is 2. The standard InChI is InChI=1S/C28H27N5O4S/c29-17-21-15-20(3-6-26(21)37-23-7-13-38(34,35)14-8-23)27-24-16-25(32-28(24)31-18-30-27)19-1-4-22(5-2-19)33-9-11-36-12-10-33/h1-6,15-16,18,23H,7-14H2,(H,30,31,32). The van der Waals surface area contributed by atoms with Gasteiger partial charge in [-0.1, -0.05) is 12.1 Å². The predicted molar refractivity (Wildman–Crippen MR) is 145 cm³/mol. The topological polar surface area (TPSA) is 121 Å². The van der Waals surface area contributed by atoms with Crippen LogP contribution >= 0.6 is 0 Å². The molecule has 0 unspecified atom stereocenters. The van der Waals surface area contributed by atoms with Gasteiger partial charge in [0.2, 0.25) is 0 Å². The van der Waals surface area contributed by atoms with Crippen LogP contribution in [0.25, 0.3) is 33.5 Å². The van der Waals surface area contributed by atoms with Gasteiger partial charge in [-0.3, -0.25) is 0 Å². The van der Waals surface area contributed by atoms with Crippen LogP contribution in [0.15, 0.2) is 54.9 Å². The lowest BCUT2D eigenvalue weighted by Crippen LogP contribution is -2.36. The Hall–Kier alpha value is -3.94. The van der Waals surface area contributed by atoms with E-state index in [2.05, 4.69) is 50.2 Å². The molecule has 2 fully saturated rings. The van der Waals surface area contributed by atoms with Gasteiger partial charge in [0.15, 0.2) is 9.84 Å². The van der Waals surface area contributed by atoms with Gasteiger partial charge in [-0.15, -0.1) is 0 Å². The number of morpholine rings is 1. The first-order chi connectivity index (χ1) is 18.5. The second kappa shape index (κ2) is 10.1. The molecule has 10 heteroatoms. The molecule has 1 N–H and O–H groups in total. The quantitative estimate of drug-likeness (QED) is 0.412. The first-order valence-corrected chi connectivity index (χ1v) is 14.5. The molecular formula is C28H27N5O4S. The molecule has 38 heavy (non-hydrogen) atoms. The molecule has 0 atom stereocenters. The number of hydrogen-bond donors (Lipinski definition) is 1. The molecule has 2 aromatic heterocycles. The average molecular weight is 530 g/mol. The van der Waals surface area contributed by atoms with Gasteiger partial charge in [0.25, 0.3) is 0 Å². The van der Waals surface area contributed by atoms with Gasteiger partial charge in [0.05, 0.1) is 36.0 Å². The van der Waals surface area contributed by atoms with Crippen molar-refractivity contribution in [3.05, 3.63) is 60.4 Å². The van der Waals surface area contributed by atoms with Crippen molar-refractivity contribution in [2.45, 2.75) is 18.9 Å². The van der Waals surface area contributed by atoms with Crippen molar-refractivity contribution in [1.82, 2.24) is 15.0 Å². The van der Waals surface area contributed by atoms with E-state index in [0.29, 0.717) is 35.5 Å². The number of anilines is 1. The molecule has 2 saturated heterocycles. The third-order valence-electron chi connectivity index (χ3n) is 7.15. The molecule has 0 aliphatic carbocycles. The summed E-state index contributed by atoms with van der Waals surface area (Å²) in [5.74, 6) is 0.686. The lowest BCUT2D eigenvalue weighted by molar-refractivity contribution is 0.122. The monoisotopic (exact) mass is 529 g/mol. The molecule has 2 aliphatic rings. The van der Waals surface area contributed by atoms with Gasteiger partial charge >= 0.3 is 0 Å². The van der Waals surface area contributed by atoms with Gasteiger partial charge in [-0.2, -0.15) is 5.26 Å². The molecule has 0 amide bonds. The van der Waals surface area contributed by atoms with Crippen molar-refractivity contribution in [2.75, 3.05) is 42.7 Å². The number of hydrogen-bond acceptors (Lipinski definition) is 8. The molecule has 194 valence electrons. The second-order valence-electron chi connectivity index (χ2n) is 9.61. The normalized spacial score (nSPS) is 17.8. The number of rotatable bonds is 5. The Bertz CT molecular complexity index is 1610. The summed E-state index contributed by atoms with van der Waals surface area (Å²) in [6.45, 7) is 3.27. The summed E-state index contributed by atoms with van der Waals surface area (Å²) in [6.07, 6.45) is 2.16. The van der Waals surface area contributed by atoms with Crippen molar-refractivity contribution in [3.63, 3.8) is 0 Å². The molecule has 2 aromatic carbocycles. The van der Waals surface area contributed by atoms with Gasteiger partial charge in [0.1, 0.15) is 29.9 Å². The molecule has 4 heterocycles. The number of aromatic nitrogens is 3. The zero-order valence-electron chi connectivity index (χ0n) is 20.8. The molecule has 0 radical (unpaired) electrons. The first kappa shape index (κ1) is 24.4. The highest BCUT2D eigenvalue weighted by molar-refractivity contribution is 7.91. The van der Waals surface area contributed by atoms with E-state index in [0.717, 1.165) is 48.5 Å². The number of nitrogens with zero attached hydrogens (tertiary/aromatic N) is 4. The lowest BCUT2D eigenvalue weighted by atomic mass is 10.0. The number of aromatic amines is 1. The van der Waals surface area contributed by atoms with Crippen LogP contribution in [0.3, 0.4) is 0 Å². The van der Waals surface area contributed by atoms with E-state index in [9.17, 15) is 13.7 Å². The third-order valence-corrected chi connectivity index (χ3v) is 8.86. The number of H-pyrrole nitrogens is 1. The van der Waals surface area contributed by atoms with Crippen molar-refractivity contribution >= 4 is 26.6 Å². The minimum absolute atomic E-state index is 0.113. The van der Waals surface area contributed by atoms with Crippen LogP contribution in [0, 0.1) is 11.3 Å². The Kier molecular flexibility index (Phi) is 6.47. The number of sulfone groups is 1. The summed E-state index contributed by atoms with van der Waals surface area (Å²) >= 11 is 0. The van der Waals surface area contributed by atoms with Gasteiger partial charge in [-0.05, 0) is 54.8 Å². The highest BCUT2D eigenvalue weighted by Crippen LogP contribution is 2.33. The molecule has 0 saturated carbocycles. The van der Waals surface area contributed by atoms with Crippen LogP contribution in [0.5, 0.6) is 5.75 Å². The Morgan fingerprint density at radius 3 is 2.47 bits per heavy atom. The zero-order chi connectivity index (χ0) is 26.1. The molecule has 6 rings (SSSR count). The lowest BCUT2D eigenvalue weighted by Gasteiger charge is -2.28. The minimum Gasteiger partial charge on any atom is -0.489 e. The van der Waals surface area contributed by atoms with Crippen LogP contribution in [0.2, 0.25) is 0 Å². The summed E-state index contributed by atoms with van der Waals surface area (Å²) in [5.41, 5.74) is 5.75. The molecule has 0 bridgehead atoms. The highest BCUT2D eigenvalue weighted by atomic mass is 32.2. The molecule has 9 nitrogen and oxygen atoms in total. The number of ether oxygens (including phenoxy) is 2. The van der Waals surface area contributed by atoms with Crippen LogP contribution in [-0.2, 0) is 14.6 Å². The summed E-state index contributed by atoms with van der Waals surface area (Å²) in [6, 6.07) is 18.1. The van der Waals surface area contributed by atoms with Gasteiger partial charge in [0, 0.05) is 35.4 Å². The zero-order valence-corrected chi connectivity index (χ0v) is 21.6. The smallest absolute Gasteiger partial charge is 0.150 e. The maximum atomic E-state index is 11.7. The minimum atomic E-state index is -2.98. The maximum Gasteiger partial charge on any atom is 0.150 e. The van der Waals surface area contributed by atoms with Crippen LogP contribution in [0.1, 0.15) is 18.4 Å². The second-order valence-corrected chi connectivity index (χ2v) is 11.9. The van der Waals surface area contributed by atoms with Crippen molar-refractivity contribution < 1.29 is 17.9 Å². The first-order valence-electron chi connectivity index (χ1n) is 12.7. The number of nitriles is 1. The Morgan fingerprint density at radius 2 is 1.74 bits per heavy atom. The summed E-state index contributed by atoms with van der Waals surface area (Å²) in [5, 5.41) is 10.7. The van der Waals surface area contributed by atoms with Crippen molar-refractivity contribution in [2.24, 2.45) is 0 Å². The van der Waals surface area contributed by atoms with E-state index in [4.69, 9.17) is 9.47 Å². The third kappa shape index (κ3) is 4.95. The average Bonchev–Trinajstić information content (AvgIpc) is 3.40. The van der Waals surface area contributed by atoms with Crippen molar-refractivity contribution in [3.8, 4) is 34.3 Å². The van der Waals surface area contributed by atoms with E-state index >= 15 is 0 Å². The molecule has 2 aliphatic heterocycles. The number of fused-ring (bicyclic) bond motifs is 1. The summed E-state index contributed by atoms with van der Waals surface area (Å²) in [7, 11) is -2.98. The molecular weight excluding hydrogens is 502 g/mol. The highest BCUT2D eigenvalue weighted by Gasteiger charge is 2.25. The fourth-order valence-corrected chi connectivity index (χ4v) is 6.48.